The number of hydrogen-bond acceptors (Lipinski definition) is 3. The monoisotopic (exact) mass is 226 g/mol. The molecule has 0 unspecified atom stereocenters. The Morgan fingerprint density at radius 2 is 2.12 bits per heavy atom. The molecular formula is C13H10N2O2. The molecule has 4 heteroatoms. The molecule has 0 saturated heterocycles. The minimum absolute atomic E-state index is 0.0912. The topological polar surface area (TPSA) is 65.5 Å². The van der Waals surface area contributed by atoms with E-state index in [2.05, 4.69) is 10.1 Å². The summed E-state index contributed by atoms with van der Waals surface area (Å²) in [6, 6.07) is 7.31. The van der Waals surface area contributed by atoms with Crippen molar-refractivity contribution in [2.45, 2.75) is 6.42 Å². The van der Waals surface area contributed by atoms with Gasteiger partial charge in [-0.2, -0.15) is 0 Å². The molecule has 4 nitrogen and oxygen atoms in total. The van der Waals surface area contributed by atoms with Crippen molar-refractivity contribution in [3.63, 3.8) is 0 Å². The van der Waals surface area contributed by atoms with Gasteiger partial charge in [0, 0.05) is 17.3 Å². The third kappa shape index (κ3) is 1.38. The Kier molecular flexibility index (Phi) is 2.08. The number of rotatable bonds is 0. The molecule has 0 saturated carbocycles. The van der Waals surface area contributed by atoms with E-state index in [1.165, 1.54) is 0 Å². The maximum atomic E-state index is 12.3. The summed E-state index contributed by atoms with van der Waals surface area (Å²) in [5.41, 5.74) is 2.28. The average molecular weight is 226 g/mol. The standard InChI is InChI=1S/C13H10N2O2/c16-13-8-4-1-2-5-9(8)14-10-6-3-7-11(15-17)12(10)13/h1-6,17H,7H2,(H,14,16). The summed E-state index contributed by atoms with van der Waals surface area (Å²) in [6.07, 6.45) is 4.19. The smallest absolute Gasteiger partial charge is 0.199 e. The molecule has 0 bridgehead atoms. The summed E-state index contributed by atoms with van der Waals surface area (Å²) in [6.45, 7) is 0. The molecule has 3 rings (SSSR count). The number of aromatic nitrogens is 1. The van der Waals surface area contributed by atoms with Gasteiger partial charge in [0.2, 0.25) is 0 Å². The minimum atomic E-state index is -0.0912. The third-order valence-corrected chi connectivity index (χ3v) is 2.94. The van der Waals surface area contributed by atoms with Gasteiger partial charge in [0.15, 0.2) is 5.43 Å². The Morgan fingerprint density at radius 1 is 1.29 bits per heavy atom. The lowest BCUT2D eigenvalue weighted by atomic mass is 9.97. The van der Waals surface area contributed by atoms with E-state index in [-0.39, 0.29) is 5.43 Å². The van der Waals surface area contributed by atoms with Gasteiger partial charge < -0.3 is 10.2 Å². The van der Waals surface area contributed by atoms with Crippen LogP contribution in [0.5, 0.6) is 0 Å². The van der Waals surface area contributed by atoms with E-state index in [0.717, 1.165) is 5.52 Å². The van der Waals surface area contributed by atoms with Crippen molar-refractivity contribution in [1.82, 2.24) is 4.98 Å². The summed E-state index contributed by atoms with van der Waals surface area (Å²) in [5, 5.41) is 12.8. The normalized spacial score (nSPS) is 16.4. The maximum absolute atomic E-state index is 12.3. The van der Waals surface area contributed by atoms with Gasteiger partial charge >= 0.3 is 0 Å². The first-order valence-corrected chi connectivity index (χ1v) is 5.34. The number of hydrogen-bond donors (Lipinski definition) is 2. The second-order valence-electron chi connectivity index (χ2n) is 3.94. The lowest BCUT2D eigenvalue weighted by Gasteiger charge is -2.12. The van der Waals surface area contributed by atoms with Crippen LogP contribution in [0.3, 0.4) is 0 Å². The fourth-order valence-corrected chi connectivity index (χ4v) is 2.15. The molecule has 17 heavy (non-hydrogen) atoms. The van der Waals surface area contributed by atoms with E-state index in [0.29, 0.717) is 28.8 Å². The molecule has 0 atom stereocenters. The molecule has 1 aliphatic rings. The predicted octanol–water partition coefficient (Wildman–Crippen LogP) is 2.12. The summed E-state index contributed by atoms with van der Waals surface area (Å²) in [4.78, 5) is 15.5. The van der Waals surface area contributed by atoms with Crippen LogP contribution >= 0.6 is 0 Å². The van der Waals surface area contributed by atoms with E-state index in [9.17, 15) is 4.79 Å². The number of benzene rings is 1. The van der Waals surface area contributed by atoms with Crippen molar-refractivity contribution in [1.29, 1.82) is 0 Å². The zero-order chi connectivity index (χ0) is 11.8. The highest BCUT2D eigenvalue weighted by Gasteiger charge is 2.18. The molecular weight excluding hydrogens is 216 g/mol. The summed E-state index contributed by atoms with van der Waals surface area (Å²) in [5.74, 6) is 0. The molecule has 1 aliphatic carbocycles. The number of pyridine rings is 1. The molecule has 0 spiro atoms. The van der Waals surface area contributed by atoms with Gasteiger partial charge in [-0.15, -0.1) is 0 Å². The lowest BCUT2D eigenvalue weighted by molar-refractivity contribution is 0.318. The van der Waals surface area contributed by atoms with Gasteiger partial charge in [0.05, 0.1) is 17.0 Å². The summed E-state index contributed by atoms with van der Waals surface area (Å²) in [7, 11) is 0. The number of para-hydroxylation sites is 1. The number of oxime groups is 1. The predicted molar refractivity (Wildman–Crippen MR) is 66.5 cm³/mol. The van der Waals surface area contributed by atoms with Crippen molar-refractivity contribution < 1.29 is 5.21 Å². The number of allylic oxidation sites excluding steroid dienone is 1. The van der Waals surface area contributed by atoms with E-state index >= 15 is 0 Å². The van der Waals surface area contributed by atoms with Crippen LogP contribution in [0.1, 0.15) is 17.7 Å². The highest BCUT2D eigenvalue weighted by atomic mass is 16.4. The molecule has 0 aliphatic heterocycles. The average Bonchev–Trinajstić information content (AvgIpc) is 2.38. The summed E-state index contributed by atoms with van der Waals surface area (Å²) >= 11 is 0. The second-order valence-corrected chi connectivity index (χ2v) is 3.94. The Bertz CT molecular complexity index is 711. The zero-order valence-corrected chi connectivity index (χ0v) is 8.97. The highest BCUT2D eigenvalue weighted by molar-refractivity contribution is 6.07. The van der Waals surface area contributed by atoms with Crippen molar-refractivity contribution in [3.8, 4) is 0 Å². The SMILES string of the molecule is O=c1c2c([nH]c3ccccc13)C=CCC2=NO. The molecule has 0 amide bonds. The van der Waals surface area contributed by atoms with Gasteiger partial charge in [-0.1, -0.05) is 23.4 Å². The zero-order valence-electron chi connectivity index (χ0n) is 8.97. The molecule has 2 N–H and O–H groups in total. The molecule has 2 aromatic rings. The van der Waals surface area contributed by atoms with Crippen LogP contribution in [0.4, 0.5) is 0 Å². The van der Waals surface area contributed by atoms with Gasteiger partial charge in [0.1, 0.15) is 0 Å². The van der Waals surface area contributed by atoms with Gasteiger partial charge in [-0.3, -0.25) is 4.79 Å². The van der Waals surface area contributed by atoms with E-state index < -0.39 is 0 Å². The second kappa shape index (κ2) is 3.59. The largest absolute Gasteiger partial charge is 0.411 e. The quantitative estimate of drug-likeness (QED) is 0.533. The van der Waals surface area contributed by atoms with Crippen LogP contribution < -0.4 is 5.43 Å². The Balaban J connectivity index is 2.48. The van der Waals surface area contributed by atoms with Crippen molar-refractivity contribution in [3.05, 3.63) is 51.8 Å². The Morgan fingerprint density at radius 3 is 2.94 bits per heavy atom. The summed E-state index contributed by atoms with van der Waals surface area (Å²) < 4.78 is 0. The van der Waals surface area contributed by atoms with Crippen LogP contribution in [0.15, 0.2) is 40.3 Å². The van der Waals surface area contributed by atoms with E-state index in [1.54, 1.807) is 6.07 Å². The van der Waals surface area contributed by atoms with Gasteiger partial charge in [-0.25, -0.2) is 0 Å². The first-order valence-electron chi connectivity index (χ1n) is 5.34. The maximum Gasteiger partial charge on any atom is 0.199 e. The van der Waals surface area contributed by atoms with E-state index in [1.807, 2.05) is 30.4 Å². The number of nitrogens with one attached hydrogen (secondary N) is 1. The first kappa shape index (κ1) is 9.84. The molecule has 0 fully saturated rings. The first-order chi connectivity index (χ1) is 8.31. The number of fused-ring (bicyclic) bond motifs is 2. The molecule has 84 valence electrons. The molecule has 1 aromatic heterocycles. The van der Waals surface area contributed by atoms with Crippen molar-refractivity contribution in [2.24, 2.45) is 5.16 Å². The highest BCUT2D eigenvalue weighted by Crippen LogP contribution is 2.18. The van der Waals surface area contributed by atoms with Gasteiger partial charge in [0.25, 0.3) is 0 Å². The Labute approximate surface area is 96.9 Å². The van der Waals surface area contributed by atoms with Crippen LogP contribution in [0.2, 0.25) is 0 Å². The van der Waals surface area contributed by atoms with Crippen LogP contribution in [0, 0.1) is 0 Å². The van der Waals surface area contributed by atoms with Crippen molar-refractivity contribution in [2.75, 3.05) is 0 Å². The fraction of sp³-hybridized carbons (Fsp3) is 0.0769. The molecule has 1 aromatic carbocycles. The fourth-order valence-electron chi connectivity index (χ4n) is 2.15. The molecule has 0 radical (unpaired) electrons. The number of nitrogens with zero attached hydrogens (tertiary/aromatic N) is 1. The number of aromatic amines is 1. The minimum Gasteiger partial charge on any atom is -0.411 e. The van der Waals surface area contributed by atoms with Crippen LogP contribution in [-0.4, -0.2) is 15.9 Å². The Hall–Kier alpha value is -2.36. The van der Waals surface area contributed by atoms with Crippen LogP contribution in [0.25, 0.3) is 17.0 Å². The molecule has 1 heterocycles. The van der Waals surface area contributed by atoms with Gasteiger partial charge in [-0.05, 0) is 18.2 Å². The van der Waals surface area contributed by atoms with Crippen LogP contribution in [-0.2, 0) is 0 Å². The van der Waals surface area contributed by atoms with E-state index in [4.69, 9.17) is 5.21 Å². The lowest BCUT2D eigenvalue weighted by Crippen LogP contribution is -2.20. The third-order valence-electron chi connectivity index (χ3n) is 2.94. The van der Waals surface area contributed by atoms with Crippen molar-refractivity contribution >= 4 is 22.7 Å². The number of H-pyrrole nitrogens is 1.